The maximum Gasteiger partial charge on any atom is 0.238 e. The Kier molecular flexibility index (Phi) is 6.88. The lowest BCUT2D eigenvalue weighted by Crippen LogP contribution is -2.41. The Bertz CT molecular complexity index is 486. The zero-order chi connectivity index (χ0) is 15.8. The van der Waals surface area contributed by atoms with E-state index in [1.165, 1.54) is 5.56 Å². The second-order valence-corrected chi connectivity index (χ2v) is 5.50. The van der Waals surface area contributed by atoms with Crippen LogP contribution in [-0.4, -0.2) is 42.9 Å². The number of rotatable bonds is 7. The Balaban J connectivity index is 2.43. The van der Waals surface area contributed by atoms with Gasteiger partial charge in [0.1, 0.15) is 0 Å². The van der Waals surface area contributed by atoms with Gasteiger partial charge in [-0.25, -0.2) is 0 Å². The van der Waals surface area contributed by atoms with Crippen LogP contribution < -0.4 is 10.6 Å². The first-order chi connectivity index (χ1) is 9.90. The van der Waals surface area contributed by atoms with Gasteiger partial charge in [0.15, 0.2) is 0 Å². The van der Waals surface area contributed by atoms with Gasteiger partial charge in [-0.15, -0.1) is 0 Å². The standard InChI is InChI=1S/C16H25N3O2/c1-5-13-7-6-8-14(9-13)18-16(21)11-19(4)10-15(20)17-12(2)3/h6-9,12H,5,10-11H2,1-4H3,(H,17,20)(H,18,21). The highest BCUT2D eigenvalue weighted by Crippen LogP contribution is 2.10. The first kappa shape index (κ1) is 17.2. The molecule has 0 fully saturated rings. The van der Waals surface area contributed by atoms with Crippen molar-refractivity contribution in [1.82, 2.24) is 10.2 Å². The van der Waals surface area contributed by atoms with E-state index in [1.54, 1.807) is 11.9 Å². The summed E-state index contributed by atoms with van der Waals surface area (Å²) in [5.41, 5.74) is 1.97. The maximum absolute atomic E-state index is 11.9. The molecule has 116 valence electrons. The van der Waals surface area contributed by atoms with Gasteiger partial charge in [0.2, 0.25) is 11.8 Å². The molecule has 0 aromatic heterocycles. The van der Waals surface area contributed by atoms with Gasteiger partial charge in [-0.1, -0.05) is 19.1 Å². The van der Waals surface area contributed by atoms with Gasteiger partial charge in [0.05, 0.1) is 13.1 Å². The first-order valence-corrected chi connectivity index (χ1v) is 7.27. The molecule has 0 aliphatic carbocycles. The lowest BCUT2D eigenvalue weighted by atomic mass is 10.1. The monoisotopic (exact) mass is 291 g/mol. The molecule has 0 saturated heterocycles. The molecule has 2 amide bonds. The molecule has 0 bridgehead atoms. The summed E-state index contributed by atoms with van der Waals surface area (Å²) >= 11 is 0. The van der Waals surface area contributed by atoms with Crippen LogP contribution in [0.5, 0.6) is 0 Å². The molecule has 2 N–H and O–H groups in total. The number of hydrogen-bond donors (Lipinski definition) is 2. The predicted molar refractivity (Wildman–Crippen MR) is 85.2 cm³/mol. The molecule has 0 aliphatic heterocycles. The maximum atomic E-state index is 11.9. The van der Waals surface area contributed by atoms with Crippen molar-refractivity contribution in [3.05, 3.63) is 29.8 Å². The molecular formula is C16H25N3O2. The fourth-order valence-electron chi connectivity index (χ4n) is 1.98. The van der Waals surface area contributed by atoms with Crippen LogP contribution in [0.4, 0.5) is 5.69 Å². The second-order valence-electron chi connectivity index (χ2n) is 5.50. The molecule has 0 saturated carbocycles. The van der Waals surface area contributed by atoms with Crippen LogP contribution in [0.2, 0.25) is 0 Å². The van der Waals surface area contributed by atoms with Gasteiger partial charge in [0, 0.05) is 11.7 Å². The molecule has 5 nitrogen and oxygen atoms in total. The van der Waals surface area contributed by atoms with Gasteiger partial charge >= 0.3 is 0 Å². The minimum atomic E-state index is -0.122. The van der Waals surface area contributed by atoms with Crippen LogP contribution in [0.3, 0.4) is 0 Å². The highest BCUT2D eigenvalue weighted by molar-refractivity contribution is 5.92. The van der Waals surface area contributed by atoms with Crippen molar-refractivity contribution in [1.29, 1.82) is 0 Å². The van der Waals surface area contributed by atoms with Crippen LogP contribution in [-0.2, 0) is 16.0 Å². The number of aryl methyl sites for hydroxylation is 1. The first-order valence-electron chi connectivity index (χ1n) is 7.27. The smallest absolute Gasteiger partial charge is 0.238 e. The van der Waals surface area contributed by atoms with Gasteiger partial charge in [0.25, 0.3) is 0 Å². The summed E-state index contributed by atoms with van der Waals surface area (Å²) in [5, 5.41) is 5.65. The molecule has 0 radical (unpaired) electrons. The Morgan fingerprint density at radius 3 is 2.48 bits per heavy atom. The van der Waals surface area contributed by atoms with Gasteiger partial charge < -0.3 is 10.6 Å². The van der Waals surface area contributed by atoms with Crippen LogP contribution in [0.15, 0.2) is 24.3 Å². The number of carbonyl (C=O) groups is 2. The van der Waals surface area contributed by atoms with E-state index in [0.29, 0.717) is 0 Å². The zero-order valence-electron chi connectivity index (χ0n) is 13.3. The van der Waals surface area contributed by atoms with Crippen molar-refractivity contribution in [3.8, 4) is 0 Å². The van der Waals surface area contributed by atoms with E-state index < -0.39 is 0 Å². The van der Waals surface area contributed by atoms with Crippen molar-refractivity contribution in [2.75, 3.05) is 25.5 Å². The van der Waals surface area contributed by atoms with Crippen molar-refractivity contribution in [2.45, 2.75) is 33.2 Å². The molecular weight excluding hydrogens is 266 g/mol. The van der Waals surface area contributed by atoms with Gasteiger partial charge in [-0.2, -0.15) is 0 Å². The van der Waals surface area contributed by atoms with Crippen LogP contribution >= 0.6 is 0 Å². The normalized spacial score (nSPS) is 10.8. The van der Waals surface area contributed by atoms with E-state index in [2.05, 4.69) is 17.6 Å². The SMILES string of the molecule is CCc1cccc(NC(=O)CN(C)CC(=O)NC(C)C)c1. The van der Waals surface area contributed by atoms with E-state index in [4.69, 9.17) is 0 Å². The van der Waals surface area contributed by atoms with Crippen LogP contribution in [0.1, 0.15) is 26.3 Å². The molecule has 0 spiro atoms. The molecule has 1 rings (SSSR count). The average molecular weight is 291 g/mol. The third kappa shape index (κ3) is 6.90. The highest BCUT2D eigenvalue weighted by Gasteiger charge is 2.11. The third-order valence-corrected chi connectivity index (χ3v) is 2.90. The number of benzene rings is 1. The summed E-state index contributed by atoms with van der Waals surface area (Å²) in [6, 6.07) is 7.88. The third-order valence-electron chi connectivity index (χ3n) is 2.90. The lowest BCUT2D eigenvalue weighted by molar-refractivity contribution is -0.123. The molecule has 0 heterocycles. The second kappa shape index (κ2) is 8.42. The average Bonchev–Trinajstić information content (AvgIpc) is 2.37. The Morgan fingerprint density at radius 1 is 1.19 bits per heavy atom. The number of hydrogen-bond acceptors (Lipinski definition) is 3. The largest absolute Gasteiger partial charge is 0.353 e. The summed E-state index contributed by atoms with van der Waals surface area (Å²) in [7, 11) is 1.75. The fraction of sp³-hybridized carbons (Fsp3) is 0.500. The van der Waals surface area contributed by atoms with Crippen molar-refractivity contribution < 1.29 is 9.59 Å². The predicted octanol–water partition coefficient (Wildman–Crippen LogP) is 1.64. The Hall–Kier alpha value is -1.88. The molecule has 1 aromatic rings. The number of likely N-dealkylation sites (N-methyl/N-ethyl adjacent to an activating group) is 1. The van der Waals surface area contributed by atoms with Crippen molar-refractivity contribution >= 4 is 17.5 Å². The topological polar surface area (TPSA) is 61.4 Å². The van der Waals surface area contributed by atoms with Crippen LogP contribution in [0, 0.1) is 0 Å². The van der Waals surface area contributed by atoms with Crippen LogP contribution in [0.25, 0.3) is 0 Å². The quantitative estimate of drug-likeness (QED) is 0.803. The minimum absolute atomic E-state index is 0.0757. The summed E-state index contributed by atoms with van der Waals surface area (Å²) in [6.07, 6.45) is 0.930. The lowest BCUT2D eigenvalue weighted by Gasteiger charge is -2.17. The number of carbonyl (C=O) groups excluding carboxylic acids is 2. The number of nitrogens with one attached hydrogen (secondary N) is 2. The minimum Gasteiger partial charge on any atom is -0.353 e. The van der Waals surface area contributed by atoms with Crippen molar-refractivity contribution in [2.24, 2.45) is 0 Å². The van der Waals surface area contributed by atoms with E-state index >= 15 is 0 Å². The van der Waals surface area contributed by atoms with Crippen molar-refractivity contribution in [3.63, 3.8) is 0 Å². The number of amides is 2. The molecule has 21 heavy (non-hydrogen) atoms. The number of anilines is 1. The summed E-state index contributed by atoms with van der Waals surface area (Å²) in [4.78, 5) is 25.2. The van der Waals surface area contributed by atoms with E-state index in [9.17, 15) is 9.59 Å². The van der Waals surface area contributed by atoms with E-state index in [-0.39, 0.29) is 30.9 Å². The zero-order valence-corrected chi connectivity index (χ0v) is 13.3. The molecule has 0 aliphatic rings. The molecule has 5 heteroatoms. The summed E-state index contributed by atoms with van der Waals surface area (Å²) in [5.74, 6) is -0.198. The molecule has 0 unspecified atom stereocenters. The van der Waals surface area contributed by atoms with Gasteiger partial charge in [-0.05, 0) is 45.0 Å². The molecule has 0 atom stereocenters. The van der Waals surface area contributed by atoms with E-state index in [1.807, 2.05) is 38.1 Å². The van der Waals surface area contributed by atoms with Gasteiger partial charge in [-0.3, -0.25) is 14.5 Å². The Labute approximate surface area is 126 Å². The summed E-state index contributed by atoms with van der Waals surface area (Å²) in [6.45, 7) is 6.28. The summed E-state index contributed by atoms with van der Waals surface area (Å²) < 4.78 is 0. The fourth-order valence-corrected chi connectivity index (χ4v) is 1.98. The molecule has 1 aromatic carbocycles. The van der Waals surface area contributed by atoms with E-state index in [0.717, 1.165) is 12.1 Å². The Morgan fingerprint density at radius 2 is 1.86 bits per heavy atom. The number of nitrogens with zero attached hydrogens (tertiary/aromatic N) is 1. The highest BCUT2D eigenvalue weighted by atomic mass is 16.2.